The Kier molecular flexibility index (Phi) is 4.89. The second kappa shape index (κ2) is 6.51. The lowest BCUT2D eigenvalue weighted by Crippen LogP contribution is -2.41. The Morgan fingerprint density at radius 2 is 2.00 bits per heavy atom. The predicted octanol–water partition coefficient (Wildman–Crippen LogP) is 2.33. The summed E-state index contributed by atoms with van der Waals surface area (Å²) in [7, 11) is -3.82. The molecular weight excluding hydrogens is 334 g/mol. The quantitative estimate of drug-likeness (QED) is 0.872. The Labute approximate surface area is 130 Å². The van der Waals surface area contributed by atoms with Gasteiger partial charge in [0.05, 0.1) is 11.7 Å². The van der Waals surface area contributed by atoms with E-state index in [1.165, 1.54) is 13.0 Å². The minimum atomic E-state index is -3.82. The molecular formula is C13H12F2N2O3S2. The summed E-state index contributed by atoms with van der Waals surface area (Å²) >= 11 is 1.01. The lowest BCUT2D eigenvalue weighted by molar-refractivity contribution is -0.117. The second-order valence-corrected chi connectivity index (χ2v) is 7.28. The number of anilines is 1. The maximum absolute atomic E-state index is 13.4. The van der Waals surface area contributed by atoms with Crippen molar-refractivity contribution in [3.63, 3.8) is 0 Å². The number of thiophene rings is 1. The fourth-order valence-corrected chi connectivity index (χ4v) is 3.81. The van der Waals surface area contributed by atoms with Crippen molar-refractivity contribution in [1.82, 2.24) is 4.72 Å². The highest BCUT2D eigenvalue weighted by Gasteiger charge is 2.23. The summed E-state index contributed by atoms with van der Waals surface area (Å²) in [5.41, 5.74) is -0.228. The molecule has 0 fully saturated rings. The summed E-state index contributed by atoms with van der Waals surface area (Å²) in [5.74, 6) is -2.48. The molecule has 0 radical (unpaired) electrons. The summed E-state index contributed by atoms with van der Waals surface area (Å²) in [6, 6.07) is 4.50. The van der Waals surface area contributed by atoms with Gasteiger partial charge in [-0.1, -0.05) is 6.07 Å². The minimum absolute atomic E-state index is 0.0695. The molecule has 0 saturated carbocycles. The Bertz CT molecular complexity index is 777. The molecule has 0 spiro atoms. The van der Waals surface area contributed by atoms with Crippen molar-refractivity contribution in [1.29, 1.82) is 0 Å². The number of rotatable bonds is 5. The van der Waals surface area contributed by atoms with Crippen LogP contribution in [0.1, 0.15) is 6.92 Å². The van der Waals surface area contributed by atoms with Gasteiger partial charge in [-0.2, -0.15) is 4.72 Å². The lowest BCUT2D eigenvalue weighted by Gasteiger charge is -2.14. The third kappa shape index (κ3) is 3.87. The van der Waals surface area contributed by atoms with Crippen LogP contribution in [0.3, 0.4) is 0 Å². The van der Waals surface area contributed by atoms with Gasteiger partial charge in [0.25, 0.3) is 10.0 Å². The number of hydrogen-bond acceptors (Lipinski definition) is 4. The van der Waals surface area contributed by atoms with Gasteiger partial charge in [0, 0.05) is 6.07 Å². The smallest absolute Gasteiger partial charge is 0.250 e. The van der Waals surface area contributed by atoms with Gasteiger partial charge in [-0.15, -0.1) is 11.3 Å². The van der Waals surface area contributed by atoms with E-state index in [1.54, 1.807) is 11.4 Å². The maximum Gasteiger partial charge on any atom is 0.250 e. The van der Waals surface area contributed by atoms with Crippen LogP contribution in [0.15, 0.2) is 39.9 Å². The molecule has 0 aliphatic heterocycles. The number of amides is 1. The van der Waals surface area contributed by atoms with Crippen molar-refractivity contribution in [3.8, 4) is 0 Å². The van der Waals surface area contributed by atoms with Crippen molar-refractivity contribution in [2.75, 3.05) is 5.32 Å². The molecule has 22 heavy (non-hydrogen) atoms. The lowest BCUT2D eigenvalue weighted by atomic mass is 10.2. The molecule has 0 aliphatic carbocycles. The molecule has 0 bridgehead atoms. The Morgan fingerprint density at radius 3 is 2.59 bits per heavy atom. The highest BCUT2D eigenvalue weighted by Crippen LogP contribution is 2.17. The van der Waals surface area contributed by atoms with Crippen LogP contribution >= 0.6 is 11.3 Å². The van der Waals surface area contributed by atoms with Gasteiger partial charge in [0.1, 0.15) is 15.8 Å². The number of carbonyl (C=O) groups is 1. The first-order valence-electron chi connectivity index (χ1n) is 6.11. The number of sulfonamides is 1. The molecule has 2 aromatic rings. The van der Waals surface area contributed by atoms with E-state index < -0.39 is 33.6 Å². The van der Waals surface area contributed by atoms with Crippen LogP contribution in [-0.4, -0.2) is 20.4 Å². The summed E-state index contributed by atoms with van der Waals surface area (Å²) in [5, 5.41) is 3.79. The van der Waals surface area contributed by atoms with Crippen LogP contribution in [-0.2, 0) is 14.8 Å². The van der Waals surface area contributed by atoms with Gasteiger partial charge in [0.15, 0.2) is 0 Å². The van der Waals surface area contributed by atoms with Crippen molar-refractivity contribution < 1.29 is 22.0 Å². The summed E-state index contributed by atoms with van der Waals surface area (Å²) in [6.07, 6.45) is 0. The number of halogens is 2. The topological polar surface area (TPSA) is 75.3 Å². The summed E-state index contributed by atoms with van der Waals surface area (Å²) in [6.45, 7) is 1.32. The molecule has 2 rings (SSSR count). The minimum Gasteiger partial charge on any atom is -0.322 e. The van der Waals surface area contributed by atoms with Crippen molar-refractivity contribution in [2.45, 2.75) is 17.2 Å². The van der Waals surface area contributed by atoms with Crippen LogP contribution in [0.2, 0.25) is 0 Å². The van der Waals surface area contributed by atoms with E-state index in [0.717, 1.165) is 23.5 Å². The molecule has 1 amide bonds. The van der Waals surface area contributed by atoms with E-state index in [-0.39, 0.29) is 9.90 Å². The van der Waals surface area contributed by atoms with Gasteiger partial charge in [0.2, 0.25) is 5.91 Å². The molecule has 1 aromatic heterocycles. The molecule has 0 aliphatic rings. The number of carbonyl (C=O) groups excluding carboxylic acids is 1. The largest absolute Gasteiger partial charge is 0.322 e. The molecule has 1 aromatic carbocycles. The highest BCUT2D eigenvalue weighted by molar-refractivity contribution is 7.91. The molecule has 5 nitrogen and oxygen atoms in total. The fourth-order valence-electron chi connectivity index (χ4n) is 1.59. The third-order valence-electron chi connectivity index (χ3n) is 2.67. The van der Waals surface area contributed by atoms with Gasteiger partial charge in [-0.3, -0.25) is 4.79 Å². The molecule has 1 heterocycles. The fraction of sp³-hybridized carbons (Fsp3) is 0.154. The standard InChI is InChI=1S/C13H12F2N2O3S2/c1-8(17-22(19,20)12-3-2-6-21-12)13(18)16-11-5-4-9(14)7-10(11)15/h2-8,17H,1H3,(H,16,18). The third-order valence-corrected chi connectivity index (χ3v) is 5.61. The van der Waals surface area contributed by atoms with Crippen LogP contribution in [0.25, 0.3) is 0 Å². The molecule has 1 unspecified atom stereocenters. The molecule has 1 atom stereocenters. The maximum atomic E-state index is 13.4. The second-order valence-electron chi connectivity index (χ2n) is 4.39. The zero-order chi connectivity index (χ0) is 16.3. The first kappa shape index (κ1) is 16.5. The first-order valence-corrected chi connectivity index (χ1v) is 8.47. The predicted molar refractivity (Wildman–Crippen MR) is 79.1 cm³/mol. The van der Waals surface area contributed by atoms with E-state index in [0.29, 0.717) is 6.07 Å². The number of nitrogens with one attached hydrogen (secondary N) is 2. The van der Waals surface area contributed by atoms with Crippen LogP contribution in [0, 0.1) is 11.6 Å². The molecule has 0 saturated heterocycles. The van der Waals surface area contributed by atoms with E-state index in [2.05, 4.69) is 10.0 Å². The number of hydrogen-bond donors (Lipinski definition) is 2. The van der Waals surface area contributed by atoms with Crippen molar-refractivity contribution >= 4 is 33.0 Å². The molecule has 9 heteroatoms. The van der Waals surface area contributed by atoms with Crippen molar-refractivity contribution in [3.05, 3.63) is 47.3 Å². The Hall–Kier alpha value is -1.84. The van der Waals surface area contributed by atoms with Crippen LogP contribution in [0.4, 0.5) is 14.5 Å². The van der Waals surface area contributed by atoms with E-state index >= 15 is 0 Å². The zero-order valence-corrected chi connectivity index (χ0v) is 13.0. The van der Waals surface area contributed by atoms with Crippen LogP contribution < -0.4 is 10.0 Å². The average molecular weight is 346 g/mol. The Morgan fingerprint density at radius 1 is 1.27 bits per heavy atom. The number of benzene rings is 1. The van der Waals surface area contributed by atoms with Gasteiger partial charge < -0.3 is 5.32 Å². The highest BCUT2D eigenvalue weighted by atomic mass is 32.2. The van der Waals surface area contributed by atoms with Gasteiger partial charge >= 0.3 is 0 Å². The molecule has 2 N–H and O–H groups in total. The van der Waals surface area contributed by atoms with Crippen LogP contribution in [0.5, 0.6) is 0 Å². The molecule has 118 valence electrons. The Balaban J connectivity index is 2.07. The van der Waals surface area contributed by atoms with E-state index in [1.807, 2.05) is 0 Å². The van der Waals surface area contributed by atoms with Gasteiger partial charge in [-0.25, -0.2) is 17.2 Å². The monoisotopic (exact) mass is 346 g/mol. The average Bonchev–Trinajstić information content (AvgIpc) is 2.96. The van der Waals surface area contributed by atoms with Gasteiger partial charge in [-0.05, 0) is 30.5 Å². The zero-order valence-electron chi connectivity index (χ0n) is 11.3. The summed E-state index contributed by atoms with van der Waals surface area (Å²) < 4.78 is 52.4. The summed E-state index contributed by atoms with van der Waals surface area (Å²) in [4.78, 5) is 11.9. The van der Waals surface area contributed by atoms with E-state index in [4.69, 9.17) is 0 Å². The van der Waals surface area contributed by atoms with Crippen molar-refractivity contribution in [2.24, 2.45) is 0 Å². The SMILES string of the molecule is CC(NS(=O)(=O)c1cccs1)C(=O)Nc1ccc(F)cc1F. The van der Waals surface area contributed by atoms with E-state index in [9.17, 15) is 22.0 Å². The normalized spacial score (nSPS) is 12.9. The first-order chi connectivity index (χ1) is 10.3.